The highest BCUT2D eigenvalue weighted by molar-refractivity contribution is 6.01. The topological polar surface area (TPSA) is 114 Å². The Bertz CT molecular complexity index is 1080. The van der Waals surface area contributed by atoms with E-state index in [1.54, 1.807) is 25.4 Å². The van der Waals surface area contributed by atoms with Crippen molar-refractivity contribution >= 4 is 17.6 Å². The molecule has 0 fully saturated rings. The van der Waals surface area contributed by atoms with Crippen molar-refractivity contribution in [1.29, 1.82) is 0 Å². The molecule has 1 N–H and O–H groups in total. The molecule has 0 saturated heterocycles. The van der Waals surface area contributed by atoms with Crippen LogP contribution >= 0.6 is 0 Å². The second-order valence-corrected chi connectivity index (χ2v) is 7.13. The van der Waals surface area contributed by atoms with E-state index < -0.39 is 11.9 Å². The van der Waals surface area contributed by atoms with Gasteiger partial charge in [0.15, 0.2) is 5.82 Å². The lowest BCUT2D eigenvalue weighted by Crippen LogP contribution is -2.47. The third-order valence-corrected chi connectivity index (χ3v) is 4.94. The van der Waals surface area contributed by atoms with E-state index in [0.29, 0.717) is 17.9 Å². The highest BCUT2D eigenvalue weighted by atomic mass is 19.1. The SMILES string of the molecule is CC1C[C@H](NC(=O)c2nnc(Cc3ccc(F)cc3)o2)C(=O)N(C)c2nccnc21. The van der Waals surface area contributed by atoms with Gasteiger partial charge in [-0.1, -0.05) is 19.1 Å². The summed E-state index contributed by atoms with van der Waals surface area (Å²) in [5.41, 5.74) is 1.46. The van der Waals surface area contributed by atoms with Crippen LogP contribution in [0.4, 0.5) is 10.2 Å². The standard InChI is InChI=1S/C20H19FN6O3/c1-11-9-14(20(29)27(2)17-16(11)22-7-8-23-17)24-18(28)19-26-25-15(30-19)10-12-3-5-13(21)6-4-12/h3-8,11,14H,9-10H2,1-2H3,(H,24,28)/t11?,14-/m0/s1. The number of carbonyl (C=O) groups excluding carboxylic acids is 2. The molecule has 1 unspecified atom stereocenters. The summed E-state index contributed by atoms with van der Waals surface area (Å²) in [4.78, 5) is 35.4. The molecule has 0 saturated carbocycles. The first-order valence-corrected chi connectivity index (χ1v) is 9.38. The first-order valence-electron chi connectivity index (χ1n) is 9.38. The number of fused-ring (bicyclic) bond motifs is 1. The van der Waals surface area contributed by atoms with E-state index in [1.807, 2.05) is 6.92 Å². The van der Waals surface area contributed by atoms with Gasteiger partial charge < -0.3 is 9.73 Å². The van der Waals surface area contributed by atoms with Gasteiger partial charge in [-0.15, -0.1) is 10.2 Å². The van der Waals surface area contributed by atoms with Crippen LogP contribution in [-0.4, -0.2) is 45.1 Å². The number of hydrogen-bond acceptors (Lipinski definition) is 7. The lowest BCUT2D eigenvalue weighted by atomic mass is 9.99. The van der Waals surface area contributed by atoms with Gasteiger partial charge in [0, 0.05) is 25.4 Å². The van der Waals surface area contributed by atoms with Crippen LogP contribution in [0.3, 0.4) is 0 Å². The van der Waals surface area contributed by atoms with Crippen molar-refractivity contribution in [1.82, 2.24) is 25.5 Å². The zero-order chi connectivity index (χ0) is 21.3. The van der Waals surface area contributed by atoms with Crippen molar-refractivity contribution < 1.29 is 18.4 Å². The number of nitrogens with zero attached hydrogens (tertiary/aromatic N) is 5. The Hall–Kier alpha value is -3.69. The molecule has 154 valence electrons. The van der Waals surface area contributed by atoms with Gasteiger partial charge in [-0.3, -0.25) is 19.5 Å². The number of amides is 2. The molecule has 2 atom stereocenters. The Kier molecular flexibility index (Phi) is 5.21. The van der Waals surface area contributed by atoms with Crippen LogP contribution in [0.15, 0.2) is 41.1 Å². The summed E-state index contributed by atoms with van der Waals surface area (Å²) in [6, 6.07) is 5.06. The number of halogens is 1. The molecule has 1 aliphatic rings. The van der Waals surface area contributed by atoms with E-state index in [2.05, 4.69) is 25.5 Å². The van der Waals surface area contributed by atoms with Crippen LogP contribution in [0.1, 0.15) is 47.1 Å². The molecular formula is C20H19FN6O3. The van der Waals surface area contributed by atoms with Crippen LogP contribution < -0.4 is 10.2 Å². The molecule has 10 heteroatoms. The van der Waals surface area contributed by atoms with Gasteiger partial charge in [-0.2, -0.15) is 0 Å². The maximum atomic E-state index is 13.0. The molecule has 0 spiro atoms. The first kappa shape index (κ1) is 19.6. The second-order valence-electron chi connectivity index (χ2n) is 7.13. The summed E-state index contributed by atoms with van der Waals surface area (Å²) in [6.45, 7) is 1.92. The minimum atomic E-state index is -0.791. The Morgan fingerprint density at radius 1 is 1.23 bits per heavy atom. The molecule has 30 heavy (non-hydrogen) atoms. The van der Waals surface area contributed by atoms with Crippen LogP contribution in [0, 0.1) is 5.82 Å². The number of hydrogen-bond donors (Lipinski definition) is 1. The molecule has 2 amide bonds. The quantitative estimate of drug-likeness (QED) is 0.698. The molecule has 1 aliphatic heterocycles. The van der Waals surface area contributed by atoms with Crippen molar-refractivity contribution in [3.63, 3.8) is 0 Å². The molecule has 0 bridgehead atoms. The number of rotatable bonds is 4. The largest absolute Gasteiger partial charge is 0.417 e. The van der Waals surface area contributed by atoms with Crippen molar-refractivity contribution in [3.8, 4) is 0 Å². The van der Waals surface area contributed by atoms with E-state index in [0.717, 1.165) is 5.56 Å². The summed E-state index contributed by atoms with van der Waals surface area (Å²) < 4.78 is 18.4. The number of nitrogens with one attached hydrogen (secondary N) is 1. The molecule has 3 heterocycles. The van der Waals surface area contributed by atoms with Crippen molar-refractivity contribution in [2.75, 3.05) is 11.9 Å². The smallest absolute Gasteiger partial charge is 0.309 e. The van der Waals surface area contributed by atoms with E-state index >= 15 is 0 Å². The van der Waals surface area contributed by atoms with Gasteiger partial charge >= 0.3 is 11.8 Å². The van der Waals surface area contributed by atoms with Crippen molar-refractivity contribution in [2.45, 2.75) is 31.7 Å². The summed E-state index contributed by atoms with van der Waals surface area (Å²) in [7, 11) is 1.60. The van der Waals surface area contributed by atoms with E-state index in [4.69, 9.17) is 4.42 Å². The summed E-state index contributed by atoms with van der Waals surface area (Å²) in [5.74, 6) is -0.933. The van der Waals surface area contributed by atoms with E-state index in [9.17, 15) is 14.0 Å². The van der Waals surface area contributed by atoms with Gasteiger partial charge in [0.25, 0.3) is 5.91 Å². The Balaban J connectivity index is 1.47. The maximum absolute atomic E-state index is 13.0. The summed E-state index contributed by atoms with van der Waals surface area (Å²) in [5, 5.41) is 10.3. The van der Waals surface area contributed by atoms with E-state index in [1.165, 1.54) is 23.2 Å². The van der Waals surface area contributed by atoms with Gasteiger partial charge in [-0.05, 0) is 24.1 Å². The molecule has 0 aliphatic carbocycles. The van der Waals surface area contributed by atoms with Crippen molar-refractivity contribution in [3.05, 3.63) is 65.5 Å². The third-order valence-electron chi connectivity index (χ3n) is 4.94. The first-order chi connectivity index (χ1) is 14.4. The average molecular weight is 410 g/mol. The highest BCUT2D eigenvalue weighted by Crippen LogP contribution is 2.30. The molecule has 4 rings (SSSR count). The Morgan fingerprint density at radius 3 is 2.73 bits per heavy atom. The third kappa shape index (κ3) is 3.88. The van der Waals surface area contributed by atoms with Gasteiger partial charge in [-0.25, -0.2) is 9.37 Å². The number of benzene rings is 1. The molecular weight excluding hydrogens is 391 g/mol. The van der Waals surface area contributed by atoms with Crippen LogP contribution in [0.25, 0.3) is 0 Å². The normalized spacial score (nSPS) is 18.6. The minimum absolute atomic E-state index is 0.0929. The van der Waals surface area contributed by atoms with Crippen LogP contribution in [-0.2, 0) is 11.2 Å². The Labute approximate surface area is 171 Å². The summed E-state index contributed by atoms with van der Waals surface area (Å²) in [6.07, 6.45) is 3.72. The molecule has 0 radical (unpaired) electrons. The summed E-state index contributed by atoms with van der Waals surface area (Å²) >= 11 is 0. The Morgan fingerprint density at radius 2 is 1.97 bits per heavy atom. The molecule has 2 aromatic heterocycles. The zero-order valence-corrected chi connectivity index (χ0v) is 16.4. The van der Waals surface area contributed by atoms with E-state index in [-0.39, 0.29) is 35.8 Å². The lowest BCUT2D eigenvalue weighted by Gasteiger charge is -2.20. The minimum Gasteiger partial charge on any atom is -0.417 e. The monoisotopic (exact) mass is 410 g/mol. The highest BCUT2D eigenvalue weighted by Gasteiger charge is 2.35. The van der Waals surface area contributed by atoms with Gasteiger partial charge in [0.05, 0.1) is 12.1 Å². The number of aromatic nitrogens is 4. The fourth-order valence-corrected chi connectivity index (χ4v) is 3.39. The van der Waals surface area contributed by atoms with Crippen LogP contribution in [0.2, 0.25) is 0 Å². The lowest BCUT2D eigenvalue weighted by molar-refractivity contribution is -0.120. The zero-order valence-electron chi connectivity index (χ0n) is 16.4. The number of anilines is 1. The number of carbonyl (C=O) groups is 2. The van der Waals surface area contributed by atoms with Crippen LogP contribution in [0.5, 0.6) is 0 Å². The predicted molar refractivity (Wildman–Crippen MR) is 103 cm³/mol. The van der Waals surface area contributed by atoms with Gasteiger partial charge in [0.1, 0.15) is 11.9 Å². The fraction of sp³-hybridized carbons (Fsp3) is 0.300. The average Bonchev–Trinajstić information content (AvgIpc) is 3.19. The fourth-order valence-electron chi connectivity index (χ4n) is 3.39. The van der Waals surface area contributed by atoms with Gasteiger partial charge in [0.2, 0.25) is 5.89 Å². The molecule has 1 aromatic carbocycles. The number of likely N-dealkylation sites (N-methyl/N-ethyl adjacent to an activating group) is 1. The molecule has 3 aromatic rings. The maximum Gasteiger partial charge on any atom is 0.309 e. The van der Waals surface area contributed by atoms with Crippen molar-refractivity contribution in [2.24, 2.45) is 0 Å². The predicted octanol–water partition coefficient (Wildman–Crippen LogP) is 1.86. The molecule has 9 nitrogen and oxygen atoms in total. The second kappa shape index (κ2) is 7.97.